The van der Waals surface area contributed by atoms with Crippen LogP contribution < -0.4 is 5.73 Å². The highest BCUT2D eigenvalue weighted by Gasteiger charge is 2.19. The second kappa shape index (κ2) is 9.13. The highest BCUT2D eigenvalue weighted by Crippen LogP contribution is 2.14. The van der Waals surface area contributed by atoms with Gasteiger partial charge in [0.25, 0.3) is 0 Å². The molecule has 0 aromatic rings. The van der Waals surface area contributed by atoms with Crippen LogP contribution in [0, 0.1) is 0 Å². The zero-order valence-corrected chi connectivity index (χ0v) is 10.8. The minimum Gasteiger partial charge on any atom is -0.383 e. The van der Waals surface area contributed by atoms with Crippen molar-refractivity contribution in [3.63, 3.8) is 0 Å². The molecule has 92 valence electrons. The molecule has 0 aliphatic rings. The standard InChI is InChI=1S/C12H28N2O/c1-5-11(6-2)14(3)12(10-15-4)8-7-9-13/h11-12H,5-10,13H2,1-4H3. The summed E-state index contributed by atoms with van der Waals surface area (Å²) < 4.78 is 5.28. The lowest BCUT2D eigenvalue weighted by molar-refractivity contribution is 0.0712. The number of hydrogen-bond acceptors (Lipinski definition) is 3. The molecule has 15 heavy (non-hydrogen) atoms. The van der Waals surface area contributed by atoms with Gasteiger partial charge in [-0.25, -0.2) is 0 Å². The van der Waals surface area contributed by atoms with Crippen LogP contribution in [0.3, 0.4) is 0 Å². The van der Waals surface area contributed by atoms with Gasteiger partial charge >= 0.3 is 0 Å². The Hall–Kier alpha value is -0.120. The molecule has 0 aromatic heterocycles. The lowest BCUT2D eigenvalue weighted by Crippen LogP contribution is -2.42. The molecule has 0 saturated carbocycles. The third-order valence-electron chi connectivity index (χ3n) is 3.19. The van der Waals surface area contributed by atoms with Gasteiger partial charge in [-0.05, 0) is 39.3 Å². The van der Waals surface area contributed by atoms with Gasteiger partial charge in [-0.3, -0.25) is 4.90 Å². The number of methoxy groups -OCH3 is 1. The molecule has 0 aliphatic heterocycles. The van der Waals surface area contributed by atoms with Gasteiger partial charge in [-0.2, -0.15) is 0 Å². The van der Waals surface area contributed by atoms with Crippen LogP contribution in [0.4, 0.5) is 0 Å². The van der Waals surface area contributed by atoms with E-state index in [1.165, 1.54) is 12.8 Å². The van der Waals surface area contributed by atoms with Gasteiger partial charge in [0.1, 0.15) is 0 Å². The van der Waals surface area contributed by atoms with Crippen LogP contribution in [-0.2, 0) is 4.74 Å². The molecular weight excluding hydrogens is 188 g/mol. The van der Waals surface area contributed by atoms with Crippen molar-refractivity contribution in [1.29, 1.82) is 0 Å². The minimum absolute atomic E-state index is 0.517. The zero-order valence-electron chi connectivity index (χ0n) is 10.8. The largest absolute Gasteiger partial charge is 0.383 e. The van der Waals surface area contributed by atoms with Crippen molar-refractivity contribution in [3.8, 4) is 0 Å². The summed E-state index contributed by atoms with van der Waals surface area (Å²) in [5.41, 5.74) is 5.55. The fraction of sp³-hybridized carbons (Fsp3) is 1.00. The predicted molar refractivity (Wildman–Crippen MR) is 66.1 cm³/mol. The van der Waals surface area contributed by atoms with E-state index in [0.29, 0.717) is 12.1 Å². The van der Waals surface area contributed by atoms with Crippen molar-refractivity contribution >= 4 is 0 Å². The number of ether oxygens (including phenoxy) is 1. The first-order valence-corrected chi connectivity index (χ1v) is 6.12. The van der Waals surface area contributed by atoms with E-state index in [2.05, 4.69) is 25.8 Å². The summed E-state index contributed by atoms with van der Waals surface area (Å²) in [6.45, 7) is 6.08. The Kier molecular flexibility index (Phi) is 9.06. The quantitative estimate of drug-likeness (QED) is 0.639. The summed E-state index contributed by atoms with van der Waals surface area (Å²) in [6.07, 6.45) is 4.63. The lowest BCUT2D eigenvalue weighted by atomic mass is 10.1. The lowest BCUT2D eigenvalue weighted by Gasteiger charge is -2.34. The Labute approximate surface area is 95.0 Å². The molecule has 0 bridgehead atoms. The molecular formula is C12H28N2O. The summed E-state index contributed by atoms with van der Waals surface area (Å²) in [5.74, 6) is 0. The van der Waals surface area contributed by atoms with Crippen LogP contribution in [0.1, 0.15) is 39.5 Å². The molecule has 3 heteroatoms. The average Bonchev–Trinajstić information content (AvgIpc) is 2.25. The van der Waals surface area contributed by atoms with Gasteiger partial charge in [0.05, 0.1) is 6.61 Å². The Morgan fingerprint density at radius 1 is 1.20 bits per heavy atom. The zero-order chi connectivity index (χ0) is 11.7. The summed E-state index contributed by atoms with van der Waals surface area (Å²) in [7, 11) is 3.98. The molecule has 0 radical (unpaired) electrons. The van der Waals surface area contributed by atoms with E-state index in [-0.39, 0.29) is 0 Å². The maximum Gasteiger partial charge on any atom is 0.0618 e. The van der Waals surface area contributed by atoms with Crippen molar-refractivity contribution in [2.45, 2.75) is 51.6 Å². The van der Waals surface area contributed by atoms with Crippen molar-refractivity contribution in [1.82, 2.24) is 4.90 Å². The Bertz CT molecular complexity index is 138. The van der Waals surface area contributed by atoms with Crippen molar-refractivity contribution < 1.29 is 4.74 Å². The number of likely N-dealkylation sites (N-methyl/N-ethyl adjacent to an activating group) is 1. The van der Waals surface area contributed by atoms with Crippen LogP contribution in [0.25, 0.3) is 0 Å². The fourth-order valence-corrected chi connectivity index (χ4v) is 2.11. The molecule has 1 unspecified atom stereocenters. The number of hydrogen-bond donors (Lipinski definition) is 1. The van der Waals surface area contributed by atoms with Gasteiger partial charge in [-0.15, -0.1) is 0 Å². The summed E-state index contributed by atoms with van der Waals surface area (Å²) >= 11 is 0. The van der Waals surface area contributed by atoms with Crippen LogP contribution >= 0.6 is 0 Å². The van der Waals surface area contributed by atoms with E-state index in [0.717, 1.165) is 26.0 Å². The maximum atomic E-state index is 5.55. The van der Waals surface area contributed by atoms with E-state index in [4.69, 9.17) is 10.5 Å². The second-order valence-electron chi connectivity index (χ2n) is 4.18. The molecule has 0 aromatic carbocycles. The van der Waals surface area contributed by atoms with Crippen molar-refractivity contribution in [2.24, 2.45) is 5.73 Å². The van der Waals surface area contributed by atoms with Crippen LogP contribution in [0.5, 0.6) is 0 Å². The molecule has 3 nitrogen and oxygen atoms in total. The smallest absolute Gasteiger partial charge is 0.0618 e. The van der Waals surface area contributed by atoms with Crippen molar-refractivity contribution in [2.75, 3.05) is 27.3 Å². The van der Waals surface area contributed by atoms with Crippen LogP contribution in [0.15, 0.2) is 0 Å². The first-order chi connectivity index (χ1) is 7.21. The maximum absolute atomic E-state index is 5.55. The topological polar surface area (TPSA) is 38.5 Å². The Morgan fingerprint density at radius 2 is 1.80 bits per heavy atom. The predicted octanol–water partition coefficient (Wildman–Crippen LogP) is 1.86. The molecule has 0 spiro atoms. The SMILES string of the molecule is CCC(CC)N(C)C(CCCN)COC. The average molecular weight is 216 g/mol. The molecule has 0 amide bonds. The number of rotatable bonds is 9. The molecule has 2 N–H and O–H groups in total. The highest BCUT2D eigenvalue weighted by atomic mass is 16.5. The molecule has 0 rings (SSSR count). The first kappa shape index (κ1) is 14.9. The summed E-state index contributed by atoms with van der Waals surface area (Å²) in [5, 5.41) is 0. The third kappa shape index (κ3) is 5.50. The second-order valence-corrected chi connectivity index (χ2v) is 4.18. The molecule has 1 atom stereocenters. The third-order valence-corrected chi connectivity index (χ3v) is 3.19. The summed E-state index contributed by atoms with van der Waals surface area (Å²) in [6, 6.07) is 1.19. The van der Waals surface area contributed by atoms with Gasteiger partial charge in [0.2, 0.25) is 0 Å². The minimum atomic E-state index is 0.517. The van der Waals surface area contributed by atoms with Crippen LogP contribution in [-0.4, -0.2) is 44.3 Å². The molecule has 0 aliphatic carbocycles. The van der Waals surface area contributed by atoms with E-state index >= 15 is 0 Å². The highest BCUT2D eigenvalue weighted by molar-refractivity contribution is 4.75. The molecule has 0 fully saturated rings. The van der Waals surface area contributed by atoms with Gasteiger partial charge in [0, 0.05) is 19.2 Å². The molecule has 0 heterocycles. The fourth-order valence-electron chi connectivity index (χ4n) is 2.11. The molecule has 0 saturated heterocycles. The van der Waals surface area contributed by atoms with Crippen LogP contribution in [0.2, 0.25) is 0 Å². The number of nitrogens with zero attached hydrogens (tertiary/aromatic N) is 1. The summed E-state index contributed by atoms with van der Waals surface area (Å²) in [4.78, 5) is 2.46. The van der Waals surface area contributed by atoms with Gasteiger partial charge in [0.15, 0.2) is 0 Å². The Morgan fingerprint density at radius 3 is 2.20 bits per heavy atom. The van der Waals surface area contributed by atoms with Crippen molar-refractivity contribution in [3.05, 3.63) is 0 Å². The van der Waals surface area contributed by atoms with Gasteiger partial charge in [-0.1, -0.05) is 13.8 Å². The normalized spacial score (nSPS) is 13.8. The number of nitrogens with two attached hydrogens (primary N) is 1. The van der Waals surface area contributed by atoms with E-state index in [9.17, 15) is 0 Å². The van der Waals surface area contributed by atoms with E-state index in [1.54, 1.807) is 7.11 Å². The van der Waals surface area contributed by atoms with Gasteiger partial charge < -0.3 is 10.5 Å². The monoisotopic (exact) mass is 216 g/mol. The first-order valence-electron chi connectivity index (χ1n) is 6.12. The van der Waals surface area contributed by atoms with E-state index < -0.39 is 0 Å². The Balaban J connectivity index is 4.17. The van der Waals surface area contributed by atoms with E-state index in [1.807, 2.05) is 0 Å².